The van der Waals surface area contributed by atoms with Crippen LogP contribution in [-0.4, -0.2) is 41.5 Å². The minimum absolute atomic E-state index is 0.0923. The molecule has 0 saturated carbocycles. The molecule has 1 atom stereocenters. The fourth-order valence-corrected chi connectivity index (χ4v) is 6.17. The van der Waals surface area contributed by atoms with Gasteiger partial charge in [0.15, 0.2) is 22.4 Å². The number of carbonyl (C=O) groups excluding carboxylic acids is 3. The van der Waals surface area contributed by atoms with Gasteiger partial charge in [-0.2, -0.15) is 0 Å². The fourth-order valence-electron chi connectivity index (χ4n) is 4.48. The number of aliphatic hydroxyl groups excluding tert-OH is 1. The molecule has 2 aromatic heterocycles. The lowest BCUT2D eigenvalue weighted by Gasteiger charge is -2.25. The van der Waals surface area contributed by atoms with Crippen molar-refractivity contribution in [2.75, 3.05) is 18.6 Å². The molecule has 2 aromatic carbocycles. The number of aliphatic hydroxyl groups is 1. The molecule has 5 rings (SSSR count). The molecule has 9 nitrogen and oxygen atoms in total. The van der Waals surface area contributed by atoms with Gasteiger partial charge >= 0.3 is 5.97 Å². The molecule has 1 aliphatic rings. The van der Waals surface area contributed by atoms with Crippen molar-refractivity contribution in [2.45, 2.75) is 26.5 Å². The van der Waals surface area contributed by atoms with Crippen molar-refractivity contribution in [3.05, 3.63) is 104 Å². The summed E-state index contributed by atoms with van der Waals surface area (Å²) in [6.07, 6.45) is 0. The predicted octanol–water partition coefficient (Wildman–Crippen LogP) is 6.06. The number of rotatable bonds is 10. The van der Waals surface area contributed by atoms with E-state index in [0.717, 1.165) is 16.9 Å². The van der Waals surface area contributed by atoms with Crippen LogP contribution >= 0.6 is 22.7 Å². The van der Waals surface area contributed by atoms with E-state index < -0.39 is 29.5 Å². The molecular formula is C30H26N2O7S2. The van der Waals surface area contributed by atoms with E-state index in [1.807, 2.05) is 37.3 Å². The monoisotopic (exact) mass is 590 g/mol. The smallest absolute Gasteiger partial charge is 0.350 e. The van der Waals surface area contributed by atoms with Crippen LogP contribution in [0.4, 0.5) is 5.13 Å². The van der Waals surface area contributed by atoms with Crippen molar-refractivity contribution in [1.29, 1.82) is 0 Å². The van der Waals surface area contributed by atoms with E-state index in [4.69, 9.17) is 14.2 Å². The highest BCUT2D eigenvalue weighted by molar-refractivity contribution is 7.17. The Morgan fingerprint density at radius 1 is 1.05 bits per heavy atom. The molecule has 0 spiro atoms. The van der Waals surface area contributed by atoms with Crippen molar-refractivity contribution in [3.8, 4) is 11.5 Å². The van der Waals surface area contributed by atoms with Crippen molar-refractivity contribution in [2.24, 2.45) is 0 Å². The van der Waals surface area contributed by atoms with E-state index in [9.17, 15) is 19.5 Å². The number of nitrogens with zero attached hydrogens (tertiary/aromatic N) is 2. The summed E-state index contributed by atoms with van der Waals surface area (Å²) < 4.78 is 16.8. The molecule has 0 saturated heterocycles. The molecule has 3 heterocycles. The number of ketones is 1. The second-order valence-corrected chi connectivity index (χ2v) is 10.9. The number of methoxy groups -OCH3 is 1. The number of hydrogen-bond acceptors (Lipinski definition) is 10. The van der Waals surface area contributed by atoms with Crippen LogP contribution in [0.5, 0.6) is 11.5 Å². The van der Waals surface area contributed by atoms with Gasteiger partial charge < -0.3 is 19.3 Å². The molecule has 210 valence electrons. The molecule has 11 heteroatoms. The number of Topliss-reactive ketones (excluding diaryl/α,β-unsaturated/α-hetero) is 1. The van der Waals surface area contributed by atoms with Crippen LogP contribution in [0.2, 0.25) is 0 Å². The van der Waals surface area contributed by atoms with E-state index in [1.54, 1.807) is 42.6 Å². The second kappa shape index (κ2) is 11.9. The van der Waals surface area contributed by atoms with Crippen LogP contribution < -0.4 is 14.4 Å². The zero-order chi connectivity index (χ0) is 29.1. The molecule has 41 heavy (non-hydrogen) atoms. The maximum atomic E-state index is 13.7. The Bertz CT molecular complexity index is 1630. The second-order valence-electron chi connectivity index (χ2n) is 8.96. The van der Waals surface area contributed by atoms with Gasteiger partial charge in [-0.3, -0.25) is 14.5 Å². The first-order valence-electron chi connectivity index (χ1n) is 12.7. The highest BCUT2D eigenvalue weighted by Gasteiger charge is 2.46. The lowest BCUT2D eigenvalue weighted by molar-refractivity contribution is -0.117. The van der Waals surface area contributed by atoms with Crippen molar-refractivity contribution in [3.63, 3.8) is 0 Å². The van der Waals surface area contributed by atoms with E-state index in [2.05, 4.69) is 4.98 Å². The Kier molecular flexibility index (Phi) is 8.18. The van der Waals surface area contributed by atoms with Gasteiger partial charge in [0, 0.05) is 0 Å². The quantitative estimate of drug-likeness (QED) is 0.175. The summed E-state index contributed by atoms with van der Waals surface area (Å²) >= 11 is 2.15. The topological polar surface area (TPSA) is 115 Å². The van der Waals surface area contributed by atoms with Gasteiger partial charge in [-0.1, -0.05) is 53.8 Å². The largest absolute Gasteiger partial charge is 0.503 e. The summed E-state index contributed by atoms with van der Waals surface area (Å²) in [5.74, 6) is -1.67. The molecule has 1 amide bonds. The summed E-state index contributed by atoms with van der Waals surface area (Å²) in [5, 5.41) is 12.9. The van der Waals surface area contributed by atoms with Crippen LogP contribution in [0.3, 0.4) is 0 Å². The average molecular weight is 591 g/mol. The van der Waals surface area contributed by atoms with Crippen molar-refractivity contribution in [1.82, 2.24) is 4.98 Å². The Morgan fingerprint density at radius 3 is 2.51 bits per heavy atom. The minimum atomic E-state index is -1.05. The van der Waals surface area contributed by atoms with E-state index in [1.165, 1.54) is 23.3 Å². The third kappa shape index (κ3) is 5.46. The number of amides is 1. The maximum absolute atomic E-state index is 13.7. The van der Waals surface area contributed by atoms with Crippen LogP contribution in [0, 0.1) is 6.92 Å². The van der Waals surface area contributed by atoms with Crippen LogP contribution in [0.15, 0.2) is 77.4 Å². The minimum Gasteiger partial charge on any atom is -0.503 e. The van der Waals surface area contributed by atoms with Gasteiger partial charge in [0.2, 0.25) is 5.78 Å². The number of anilines is 1. The number of benzene rings is 2. The number of aromatic nitrogens is 1. The molecule has 0 radical (unpaired) electrons. The average Bonchev–Trinajstić information content (AvgIpc) is 3.71. The van der Waals surface area contributed by atoms with Crippen molar-refractivity contribution >= 4 is 45.5 Å². The fraction of sp³-hybridized carbons (Fsp3) is 0.200. The van der Waals surface area contributed by atoms with Crippen LogP contribution in [0.25, 0.3) is 0 Å². The summed E-state index contributed by atoms with van der Waals surface area (Å²) in [7, 11) is 1.26. The Labute approximate surface area is 244 Å². The van der Waals surface area contributed by atoms with Gasteiger partial charge in [-0.15, -0.1) is 11.3 Å². The number of ether oxygens (including phenoxy) is 3. The lowest BCUT2D eigenvalue weighted by atomic mass is 9.95. The number of carbonyl (C=O) groups is 3. The number of hydrogen-bond donors (Lipinski definition) is 1. The number of thiazole rings is 1. The van der Waals surface area contributed by atoms with E-state index in [0.29, 0.717) is 40.8 Å². The zero-order valence-corrected chi connectivity index (χ0v) is 24.1. The lowest BCUT2D eigenvalue weighted by Crippen LogP contribution is -2.31. The predicted molar refractivity (Wildman–Crippen MR) is 155 cm³/mol. The zero-order valence-electron chi connectivity index (χ0n) is 22.5. The molecule has 0 aliphatic carbocycles. The van der Waals surface area contributed by atoms with E-state index in [-0.39, 0.29) is 15.6 Å². The third-order valence-corrected chi connectivity index (χ3v) is 8.39. The van der Waals surface area contributed by atoms with Gasteiger partial charge in [-0.25, -0.2) is 9.78 Å². The summed E-state index contributed by atoms with van der Waals surface area (Å²) in [5.41, 5.74) is 1.74. The maximum Gasteiger partial charge on any atom is 0.350 e. The standard InChI is InChI=1S/C30H26N2O7S2/c1-4-38-21-15-19(12-13-20(21)39-16-18-9-6-5-7-10-18)24-23(25(33)22-11-8-14-40-22)26(34)28(35)32(24)30-31-17(2)27(41-30)29(36)37-3/h5-15,24,34H,4,16H2,1-3H3. The molecule has 1 unspecified atom stereocenters. The van der Waals surface area contributed by atoms with Gasteiger partial charge in [-0.05, 0) is 48.6 Å². The molecule has 0 fully saturated rings. The molecule has 1 aliphatic heterocycles. The first kappa shape index (κ1) is 28.1. The number of esters is 1. The first-order valence-corrected chi connectivity index (χ1v) is 14.4. The number of thiophene rings is 1. The molecule has 0 bridgehead atoms. The van der Waals surface area contributed by atoms with Crippen LogP contribution in [-0.2, 0) is 16.1 Å². The first-order chi connectivity index (χ1) is 19.8. The van der Waals surface area contributed by atoms with Gasteiger partial charge in [0.1, 0.15) is 11.5 Å². The third-order valence-electron chi connectivity index (χ3n) is 6.38. The van der Waals surface area contributed by atoms with Crippen LogP contribution in [0.1, 0.15) is 49.1 Å². The van der Waals surface area contributed by atoms with Gasteiger partial charge in [0.05, 0.1) is 35.9 Å². The SMILES string of the molecule is CCOc1cc(C2C(C(=O)c3cccs3)=C(O)C(=O)N2c2nc(C)c(C(=O)OC)s2)ccc1OCc1ccccc1. The number of aryl methyl sites for hydroxylation is 1. The molecule has 4 aromatic rings. The Morgan fingerprint density at radius 2 is 1.83 bits per heavy atom. The molecular weight excluding hydrogens is 564 g/mol. The van der Waals surface area contributed by atoms with E-state index >= 15 is 0 Å². The Hall–Kier alpha value is -4.48. The highest BCUT2D eigenvalue weighted by atomic mass is 32.1. The summed E-state index contributed by atoms with van der Waals surface area (Å²) in [6.45, 7) is 4.11. The Balaban J connectivity index is 1.60. The van der Waals surface area contributed by atoms with Crippen molar-refractivity contribution < 1.29 is 33.7 Å². The highest BCUT2D eigenvalue weighted by Crippen LogP contribution is 2.45. The normalized spacial score (nSPS) is 14.9. The summed E-state index contributed by atoms with van der Waals surface area (Å²) in [6, 6.07) is 17.1. The summed E-state index contributed by atoms with van der Waals surface area (Å²) in [4.78, 5) is 45.7. The van der Waals surface area contributed by atoms with Gasteiger partial charge in [0.25, 0.3) is 5.91 Å². The molecule has 1 N–H and O–H groups in total.